The molecule has 204 valence electrons. The second kappa shape index (κ2) is 12.1. The largest absolute Gasteiger partial charge is 0.355 e. The maximum atomic E-state index is 3.70. The van der Waals surface area contributed by atoms with Gasteiger partial charge in [-0.15, -0.1) is 0 Å². The van der Waals surface area contributed by atoms with Crippen LogP contribution < -0.4 is 5.32 Å². The number of benzene rings is 7. The van der Waals surface area contributed by atoms with Crippen molar-refractivity contribution in [2.45, 2.75) is 0 Å². The monoisotopic (exact) mass is 549 g/mol. The van der Waals surface area contributed by atoms with Crippen molar-refractivity contribution in [2.24, 2.45) is 0 Å². The highest BCUT2D eigenvalue weighted by Gasteiger charge is 2.12. The minimum absolute atomic E-state index is 1.06. The van der Waals surface area contributed by atoms with Crippen LogP contribution in [0.25, 0.3) is 55.6 Å². The first-order chi connectivity index (χ1) is 21.3. The van der Waals surface area contributed by atoms with Crippen molar-refractivity contribution in [1.29, 1.82) is 0 Å². The predicted molar refractivity (Wildman–Crippen MR) is 183 cm³/mol. The molecule has 7 aromatic rings. The van der Waals surface area contributed by atoms with Crippen LogP contribution in [0, 0.1) is 0 Å². The van der Waals surface area contributed by atoms with Gasteiger partial charge in [0.2, 0.25) is 0 Å². The molecule has 0 saturated carbocycles. The van der Waals surface area contributed by atoms with Crippen LogP contribution in [0.15, 0.2) is 182 Å². The third-order valence-corrected chi connectivity index (χ3v) is 7.86. The molecule has 0 aromatic heterocycles. The first-order valence-corrected chi connectivity index (χ1v) is 14.7. The Hall–Kier alpha value is -5.66. The fourth-order valence-electron chi connectivity index (χ4n) is 5.61. The third kappa shape index (κ3) is 5.88. The Morgan fingerprint density at radius 1 is 0.256 bits per heavy atom. The van der Waals surface area contributed by atoms with Crippen LogP contribution in [-0.4, -0.2) is 0 Å². The standard InChI is InChI=1S/C42H31N/c1-5-13-31(14-6-1)34-21-24-40(25-22-34)43-42-26-23-36(30-41(42)35-19-11-4-12-20-35)39-28-37(32-15-7-2-8-16-32)27-38(29-39)33-17-9-3-10-18-33/h1-30,43H. The van der Waals surface area contributed by atoms with Crippen molar-refractivity contribution in [1.82, 2.24) is 0 Å². The number of anilines is 2. The number of rotatable bonds is 7. The molecule has 0 heterocycles. The lowest BCUT2D eigenvalue weighted by molar-refractivity contribution is 1.51. The normalized spacial score (nSPS) is 10.8. The van der Waals surface area contributed by atoms with Crippen LogP contribution >= 0.6 is 0 Å². The summed E-state index contributed by atoms with van der Waals surface area (Å²) in [6.45, 7) is 0. The molecule has 7 rings (SSSR count). The second-order valence-corrected chi connectivity index (χ2v) is 10.7. The summed E-state index contributed by atoms with van der Waals surface area (Å²) >= 11 is 0. The molecule has 0 atom stereocenters. The molecule has 0 saturated heterocycles. The summed E-state index contributed by atoms with van der Waals surface area (Å²) in [4.78, 5) is 0. The zero-order chi connectivity index (χ0) is 28.8. The van der Waals surface area contributed by atoms with Gasteiger partial charge in [-0.2, -0.15) is 0 Å². The van der Waals surface area contributed by atoms with E-state index in [9.17, 15) is 0 Å². The van der Waals surface area contributed by atoms with E-state index >= 15 is 0 Å². The average molecular weight is 550 g/mol. The van der Waals surface area contributed by atoms with Crippen molar-refractivity contribution < 1.29 is 0 Å². The van der Waals surface area contributed by atoms with Crippen LogP contribution in [0.4, 0.5) is 11.4 Å². The van der Waals surface area contributed by atoms with Crippen LogP contribution in [0.3, 0.4) is 0 Å². The van der Waals surface area contributed by atoms with Gasteiger partial charge < -0.3 is 5.32 Å². The zero-order valence-corrected chi connectivity index (χ0v) is 23.8. The smallest absolute Gasteiger partial charge is 0.0464 e. The minimum Gasteiger partial charge on any atom is -0.355 e. The summed E-state index contributed by atoms with van der Waals surface area (Å²) in [6, 6.07) is 64.7. The quantitative estimate of drug-likeness (QED) is 0.208. The predicted octanol–water partition coefficient (Wildman–Crippen LogP) is 11.8. The Morgan fingerprint density at radius 2 is 0.628 bits per heavy atom. The molecule has 0 bridgehead atoms. The Labute approximate surface area is 253 Å². The minimum atomic E-state index is 1.06. The molecule has 43 heavy (non-hydrogen) atoms. The number of hydrogen-bond acceptors (Lipinski definition) is 1. The Bertz CT molecular complexity index is 1890. The van der Waals surface area contributed by atoms with E-state index in [0.29, 0.717) is 0 Å². The van der Waals surface area contributed by atoms with E-state index in [1.807, 2.05) is 0 Å². The van der Waals surface area contributed by atoms with Gasteiger partial charge in [0, 0.05) is 16.9 Å². The fraction of sp³-hybridized carbons (Fsp3) is 0. The molecule has 7 aromatic carbocycles. The molecule has 0 unspecified atom stereocenters. The van der Waals surface area contributed by atoms with Gasteiger partial charge in [-0.3, -0.25) is 0 Å². The molecule has 1 heteroatoms. The zero-order valence-electron chi connectivity index (χ0n) is 23.8. The lowest BCUT2D eigenvalue weighted by Crippen LogP contribution is -1.95. The summed E-state index contributed by atoms with van der Waals surface area (Å²) < 4.78 is 0. The molecule has 0 fully saturated rings. The molecule has 0 radical (unpaired) electrons. The number of hydrogen-bond donors (Lipinski definition) is 1. The SMILES string of the molecule is c1ccc(-c2ccc(Nc3ccc(-c4cc(-c5ccccc5)cc(-c5ccccc5)c4)cc3-c3ccccc3)cc2)cc1. The molecule has 0 spiro atoms. The Morgan fingerprint density at radius 3 is 1.12 bits per heavy atom. The first kappa shape index (κ1) is 26.3. The van der Waals surface area contributed by atoms with Gasteiger partial charge in [0.1, 0.15) is 0 Å². The molecule has 0 amide bonds. The number of nitrogens with one attached hydrogen (secondary N) is 1. The molecule has 0 aliphatic rings. The molecule has 0 aliphatic carbocycles. The van der Waals surface area contributed by atoms with E-state index in [1.165, 1.54) is 50.1 Å². The first-order valence-electron chi connectivity index (χ1n) is 14.7. The van der Waals surface area contributed by atoms with Crippen LogP contribution in [-0.2, 0) is 0 Å². The second-order valence-electron chi connectivity index (χ2n) is 10.7. The average Bonchev–Trinajstić information content (AvgIpc) is 3.10. The van der Waals surface area contributed by atoms with E-state index in [2.05, 4.69) is 187 Å². The Balaban J connectivity index is 1.30. The van der Waals surface area contributed by atoms with Crippen LogP contribution in [0.2, 0.25) is 0 Å². The summed E-state index contributed by atoms with van der Waals surface area (Å²) in [5, 5.41) is 3.70. The van der Waals surface area contributed by atoms with Crippen LogP contribution in [0.5, 0.6) is 0 Å². The molecule has 0 aliphatic heterocycles. The highest BCUT2D eigenvalue weighted by molar-refractivity contribution is 5.88. The summed E-state index contributed by atoms with van der Waals surface area (Å²) in [5.41, 5.74) is 14.1. The van der Waals surface area contributed by atoms with E-state index in [0.717, 1.165) is 16.9 Å². The molecule has 1 nitrogen and oxygen atoms in total. The van der Waals surface area contributed by atoms with E-state index in [4.69, 9.17) is 0 Å². The molecule has 1 N–H and O–H groups in total. The lowest BCUT2D eigenvalue weighted by Gasteiger charge is -2.16. The molecular weight excluding hydrogens is 518 g/mol. The van der Waals surface area contributed by atoms with Gasteiger partial charge in [-0.1, -0.05) is 140 Å². The van der Waals surface area contributed by atoms with Crippen molar-refractivity contribution >= 4 is 11.4 Å². The summed E-state index contributed by atoms with van der Waals surface area (Å²) in [7, 11) is 0. The summed E-state index contributed by atoms with van der Waals surface area (Å²) in [6.07, 6.45) is 0. The topological polar surface area (TPSA) is 12.0 Å². The van der Waals surface area contributed by atoms with E-state index < -0.39 is 0 Å². The van der Waals surface area contributed by atoms with Crippen molar-refractivity contribution in [3.8, 4) is 55.6 Å². The van der Waals surface area contributed by atoms with E-state index in [1.54, 1.807) is 0 Å². The van der Waals surface area contributed by atoms with Gasteiger partial charge in [-0.05, 0) is 92.5 Å². The lowest BCUT2D eigenvalue weighted by atomic mass is 9.91. The van der Waals surface area contributed by atoms with Crippen molar-refractivity contribution in [3.63, 3.8) is 0 Å². The van der Waals surface area contributed by atoms with Crippen LogP contribution in [0.1, 0.15) is 0 Å². The molecular formula is C42H31N. The van der Waals surface area contributed by atoms with E-state index in [-0.39, 0.29) is 0 Å². The van der Waals surface area contributed by atoms with Crippen molar-refractivity contribution in [2.75, 3.05) is 5.32 Å². The van der Waals surface area contributed by atoms with Gasteiger partial charge in [0.25, 0.3) is 0 Å². The maximum absolute atomic E-state index is 3.70. The van der Waals surface area contributed by atoms with Gasteiger partial charge in [0.15, 0.2) is 0 Å². The van der Waals surface area contributed by atoms with Gasteiger partial charge in [-0.25, -0.2) is 0 Å². The van der Waals surface area contributed by atoms with Gasteiger partial charge >= 0.3 is 0 Å². The van der Waals surface area contributed by atoms with Gasteiger partial charge in [0.05, 0.1) is 0 Å². The van der Waals surface area contributed by atoms with Crippen molar-refractivity contribution in [3.05, 3.63) is 182 Å². The maximum Gasteiger partial charge on any atom is 0.0464 e. The fourth-order valence-corrected chi connectivity index (χ4v) is 5.61. The summed E-state index contributed by atoms with van der Waals surface area (Å²) in [5.74, 6) is 0. The third-order valence-electron chi connectivity index (χ3n) is 7.86. The highest BCUT2D eigenvalue weighted by Crippen LogP contribution is 2.38. The highest BCUT2D eigenvalue weighted by atomic mass is 14.9. The Kier molecular flexibility index (Phi) is 7.36.